The van der Waals surface area contributed by atoms with E-state index in [-0.39, 0.29) is 23.6 Å². The van der Waals surface area contributed by atoms with Crippen molar-refractivity contribution in [2.75, 3.05) is 13.1 Å². The van der Waals surface area contributed by atoms with Crippen LogP contribution in [0.25, 0.3) is 0 Å². The van der Waals surface area contributed by atoms with Crippen molar-refractivity contribution in [3.63, 3.8) is 0 Å². The standard InChI is InChI=1S/C28H27F3N2/c29-28(30,31)24-14-8-7-13-23(24)19-32-26-22-15-17-33(18-16-22)27(26)25(20-9-3-1-4-10-20)21-11-5-2-6-12-21/h1-14,19,22,25-27H,15-18H2/b32-19+/t26-,27+/m1/s1. The van der Waals surface area contributed by atoms with Crippen LogP contribution in [0.15, 0.2) is 89.9 Å². The molecule has 2 bridgehead atoms. The summed E-state index contributed by atoms with van der Waals surface area (Å²) < 4.78 is 40.6. The van der Waals surface area contributed by atoms with Crippen molar-refractivity contribution in [2.24, 2.45) is 10.9 Å². The summed E-state index contributed by atoms with van der Waals surface area (Å²) in [6.07, 6.45) is -0.853. The molecular weight excluding hydrogens is 421 g/mol. The molecule has 6 rings (SSSR count). The first-order valence-corrected chi connectivity index (χ1v) is 11.6. The molecule has 2 atom stereocenters. The second-order valence-corrected chi connectivity index (χ2v) is 9.02. The van der Waals surface area contributed by atoms with E-state index in [4.69, 9.17) is 4.99 Å². The van der Waals surface area contributed by atoms with Gasteiger partial charge in [0.15, 0.2) is 0 Å². The lowest BCUT2D eigenvalue weighted by molar-refractivity contribution is -0.137. The number of rotatable bonds is 5. The van der Waals surface area contributed by atoms with Gasteiger partial charge in [-0.05, 0) is 49.0 Å². The van der Waals surface area contributed by atoms with Gasteiger partial charge in [0.1, 0.15) is 0 Å². The van der Waals surface area contributed by atoms with Crippen LogP contribution in [0.4, 0.5) is 13.2 Å². The number of fused-ring (bicyclic) bond motifs is 3. The van der Waals surface area contributed by atoms with Crippen LogP contribution in [0.3, 0.4) is 0 Å². The molecule has 3 aliphatic heterocycles. The Morgan fingerprint density at radius 3 is 1.91 bits per heavy atom. The topological polar surface area (TPSA) is 15.6 Å². The minimum absolute atomic E-state index is 0.0563. The summed E-state index contributed by atoms with van der Waals surface area (Å²) >= 11 is 0. The van der Waals surface area contributed by atoms with Crippen molar-refractivity contribution < 1.29 is 13.2 Å². The number of hydrogen-bond donors (Lipinski definition) is 0. The molecule has 3 aromatic rings. The molecule has 0 spiro atoms. The molecule has 3 fully saturated rings. The van der Waals surface area contributed by atoms with Crippen LogP contribution in [0.1, 0.15) is 41.0 Å². The van der Waals surface area contributed by atoms with Gasteiger partial charge in [0.05, 0.1) is 11.6 Å². The molecule has 0 unspecified atom stereocenters. The summed E-state index contributed by atoms with van der Waals surface area (Å²) in [7, 11) is 0. The van der Waals surface area contributed by atoms with Crippen LogP contribution in [0.5, 0.6) is 0 Å². The molecule has 5 heteroatoms. The highest BCUT2D eigenvalue weighted by atomic mass is 19.4. The molecule has 0 amide bonds. The molecular formula is C28H27F3N2. The fourth-order valence-electron chi connectivity index (χ4n) is 5.61. The molecule has 0 saturated carbocycles. The van der Waals surface area contributed by atoms with Gasteiger partial charge in [-0.15, -0.1) is 0 Å². The van der Waals surface area contributed by atoms with Crippen molar-refractivity contribution in [2.45, 2.75) is 37.0 Å². The Hall–Kier alpha value is -2.92. The average Bonchev–Trinajstić information content (AvgIpc) is 2.85. The first-order chi connectivity index (χ1) is 16.0. The molecule has 3 saturated heterocycles. The molecule has 0 N–H and O–H groups in total. The van der Waals surface area contributed by atoms with Crippen molar-refractivity contribution in [3.05, 3.63) is 107 Å². The van der Waals surface area contributed by atoms with Crippen molar-refractivity contribution in [3.8, 4) is 0 Å². The number of alkyl halides is 3. The minimum Gasteiger partial charge on any atom is -0.297 e. The van der Waals surface area contributed by atoms with Gasteiger partial charge >= 0.3 is 6.18 Å². The number of halogens is 3. The number of benzene rings is 3. The first kappa shape index (κ1) is 21.9. The Balaban J connectivity index is 1.56. The zero-order valence-electron chi connectivity index (χ0n) is 18.3. The maximum atomic E-state index is 13.5. The highest BCUT2D eigenvalue weighted by molar-refractivity contribution is 5.82. The van der Waals surface area contributed by atoms with Gasteiger partial charge < -0.3 is 0 Å². The predicted octanol–water partition coefficient (Wildman–Crippen LogP) is 6.42. The Kier molecular flexibility index (Phi) is 6.07. The molecule has 0 aliphatic carbocycles. The molecule has 3 aliphatic rings. The van der Waals surface area contributed by atoms with E-state index in [1.165, 1.54) is 29.5 Å². The third kappa shape index (κ3) is 4.47. The fraction of sp³-hybridized carbons (Fsp3) is 0.321. The molecule has 0 aromatic heterocycles. The monoisotopic (exact) mass is 448 g/mol. The molecule has 2 nitrogen and oxygen atoms in total. The van der Waals surface area contributed by atoms with E-state index in [0.717, 1.165) is 32.0 Å². The maximum absolute atomic E-state index is 13.5. The average molecular weight is 449 g/mol. The summed E-state index contributed by atoms with van der Waals surface area (Å²) in [4.78, 5) is 7.40. The van der Waals surface area contributed by atoms with Crippen LogP contribution < -0.4 is 0 Å². The highest BCUT2D eigenvalue weighted by Gasteiger charge is 2.46. The first-order valence-electron chi connectivity index (χ1n) is 11.6. The molecule has 3 heterocycles. The van der Waals surface area contributed by atoms with Crippen molar-refractivity contribution in [1.82, 2.24) is 4.90 Å². The Labute approximate surface area is 192 Å². The third-order valence-electron chi connectivity index (χ3n) is 7.14. The van der Waals surface area contributed by atoms with E-state index in [9.17, 15) is 13.2 Å². The van der Waals surface area contributed by atoms with Crippen LogP contribution in [-0.2, 0) is 6.18 Å². The lowest BCUT2D eigenvalue weighted by Gasteiger charge is -2.52. The lowest BCUT2D eigenvalue weighted by atomic mass is 9.71. The molecule has 33 heavy (non-hydrogen) atoms. The summed E-state index contributed by atoms with van der Waals surface area (Å²) in [6, 6.07) is 26.6. The van der Waals surface area contributed by atoms with Crippen LogP contribution in [0, 0.1) is 5.92 Å². The van der Waals surface area contributed by atoms with E-state index >= 15 is 0 Å². The van der Waals surface area contributed by atoms with E-state index in [1.54, 1.807) is 6.07 Å². The summed E-state index contributed by atoms with van der Waals surface area (Å²) in [5.41, 5.74) is 1.94. The number of piperidine rings is 3. The Morgan fingerprint density at radius 2 is 1.33 bits per heavy atom. The van der Waals surface area contributed by atoms with Gasteiger partial charge in [-0.3, -0.25) is 9.89 Å². The molecule has 3 aromatic carbocycles. The van der Waals surface area contributed by atoms with Gasteiger partial charge in [-0.25, -0.2) is 0 Å². The summed E-state index contributed by atoms with van der Waals surface area (Å²) in [5, 5.41) is 0. The lowest BCUT2D eigenvalue weighted by Crippen LogP contribution is -2.59. The van der Waals surface area contributed by atoms with E-state index in [0.29, 0.717) is 5.92 Å². The third-order valence-corrected chi connectivity index (χ3v) is 7.14. The second kappa shape index (κ2) is 9.14. The number of hydrogen-bond acceptors (Lipinski definition) is 2. The summed E-state index contributed by atoms with van der Waals surface area (Å²) in [6.45, 7) is 2.02. The minimum atomic E-state index is -4.40. The van der Waals surface area contributed by atoms with Gasteiger partial charge in [-0.1, -0.05) is 78.9 Å². The van der Waals surface area contributed by atoms with E-state index in [2.05, 4.69) is 53.4 Å². The van der Waals surface area contributed by atoms with Crippen LogP contribution in [0.2, 0.25) is 0 Å². The van der Waals surface area contributed by atoms with Crippen molar-refractivity contribution >= 4 is 6.21 Å². The fourth-order valence-corrected chi connectivity index (χ4v) is 5.61. The number of aliphatic imine (C=N–C) groups is 1. The quantitative estimate of drug-likeness (QED) is 0.411. The van der Waals surface area contributed by atoms with E-state index < -0.39 is 11.7 Å². The van der Waals surface area contributed by atoms with Crippen molar-refractivity contribution in [1.29, 1.82) is 0 Å². The van der Waals surface area contributed by atoms with E-state index in [1.807, 2.05) is 12.1 Å². The van der Waals surface area contributed by atoms with Gasteiger partial charge in [0.2, 0.25) is 0 Å². The predicted molar refractivity (Wildman–Crippen MR) is 126 cm³/mol. The van der Waals surface area contributed by atoms with Crippen LogP contribution >= 0.6 is 0 Å². The smallest absolute Gasteiger partial charge is 0.297 e. The molecule has 170 valence electrons. The Morgan fingerprint density at radius 1 is 0.788 bits per heavy atom. The zero-order chi connectivity index (χ0) is 22.8. The summed E-state index contributed by atoms with van der Waals surface area (Å²) in [5.74, 6) is 0.486. The number of nitrogens with zero attached hydrogens (tertiary/aromatic N) is 2. The SMILES string of the molecule is FC(F)(F)c1ccccc1/C=N/[C@@H]1C2CCN(CC2)[C@H]1C(c1ccccc1)c1ccccc1. The normalized spacial score (nSPS) is 25.1. The van der Waals surface area contributed by atoms with Gasteiger partial charge in [0, 0.05) is 23.7 Å². The molecule has 0 radical (unpaired) electrons. The van der Waals surface area contributed by atoms with Gasteiger partial charge in [0.25, 0.3) is 0 Å². The zero-order valence-corrected chi connectivity index (χ0v) is 18.3. The van der Waals surface area contributed by atoms with Crippen LogP contribution in [-0.4, -0.2) is 36.3 Å². The highest BCUT2D eigenvalue weighted by Crippen LogP contribution is 2.43. The Bertz CT molecular complexity index is 1050. The second-order valence-electron chi connectivity index (χ2n) is 9.02. The maximum Gasteiger partial charge on any atom is 0.417 e. The largest absolute Gasteiger partial charge is 0.417 e. The van der Waals surface area contributed by atoms with Gasteiger partial charge in [-0.2, -0.15) is 13.2 Å².